The van der Waals surface area contributed by atoms with Gasteiger partial charge in [-0.15, -0.1) is 0 Å². The summed E-state index contributed by atoms with van der Waals surface area (Å²) in [5.41, 5.74) is 12.1. The number of para-hydroxylation sites is 1. The summed E-state index contributed by atoms with van der Waals surface area (Å²) in [6.45, 7) is 0. The molecule has 0 saturated carbocycles. The molecule has 4 rings (SSSR count). The van der Waals surface area contributed by atoms with Crippen molar-refractivity contribution in [2.75, 3.05) is 5.43 Å². The number of hydrogen-bond acceptors (Lipinski definition) is 6. The fraction of sp³-hybridized carbons (Fsp3) is 0. The highest BCUT2D eigenvalue weighted by atomic mass is 16.6. The van der Waals surface area contributed by atoms with Crippen molar-refractivity contribution in [1.29, 1.82) is 0 Å². The van der Waals surface area contributed by atoms with Crippen LogP contribution in [0.15, 0.2) is 54.6 Å². The first-order chi connectivity index (χ1) is 13.9. The molecule has 0 aliphatic carbocycles. The first-order valence-electron chi connectivity index (χ1n) is 8.46. The van der Waals surface area contributed by atoms with E-state index >= 15 is 0 Å². The predicted molar refractivity (Wildman–Crippen MR) is 106 cm³/mol. The Morgan fingerprint density at radius 1 is 1.07 bits per heavy atom. The number of amides is 2. The average molecular weight is 390 g/mol. The van der Waals surface area contributed by atoms with Crippen molar-refractivity contribution >= 4 is 45.0 Å². The van der Waals surface area contributed by atoms with E-state index in [0.717, 1.165) is 10.9 Å². The van der Waals surface area contributed by atoms with E-state index in [4.69, 9.17) is 5.73 Å². The first kappa shape index (κ1) is 17.9. The van der Waals surface area contributed by atoms with Gasteiger partial charge in [-0.25, -0.2) is 4.98 Å². The number of nitrogens with one attached hydrogen (secondary N) is 3. The Morgan fingerprint density at radius 2 is 1.79 bits per heavy atom. The van der Waals surface area contributed by atoms with Crippen LogP contribution < -0.4 is 16.6 Å². The van der Waals surface area contributed by atoms with Gasteiger partial charge < -0.3 is 10.7 Å². The number of primary amides is 1. The number of hydrazine groups is 1. The number of pyridine rings is 1. The van der Waals surface area contributed by atoms with Crippen molar-refractivity contribution in [3.63, 3.8) is 0 Å². The number of hydrogen-bond donors (Lipinski definition) is 4. The molecule has 2 aromatic carbocycles. The van der Waals surface area contributed by atoms with Crippen LogP contribution in [0.25, 0.3) is 21.8 Å². The Bertz CT molecular complexity index is 1280. The number of nitro benzene ring substituents is 1. The quantitative estimate of drug-likeness (QED) is 0.303. The van der Waals surface area contributed by atoms with Crippen molar-refractivity contribution in [2.24, 2.45) is 5.73 Å². The second-order valence-electron chi connectivity index (χ2n) is 6.20. The Balaban J connectivity index is 1.69. The lowest BCUT2D eigenvalue weighted by molar-refractivity contribution is -0.384. The molecule has 29 heavy (non-hydrogen) atoms. The van der Waals surface area contributed by atoms with Gasteiger partial charge in [0.2, 0.25) is 0 Å². The van der Waals surface area contributed by atoms with E-state index in [2.05, 4.69) is 20.8 Å². The minimum atomic E-state index is -0.755. The number of non-ortho nitro benzene ring substituents is 1. The van der Waals surface area contributed by atoms with Gasteiger partial charge in [0.05, 0.1) is 16.1 Å². The number of carbonyl (C=O) groups is 2. The molecule has 5 N–H and O–H groups in total. The second-order valence-corrected chi connectivity index (χ2v) is 6.20. The lowest BCUT2D eigenvalue weighted by atomic mass is 10.1. The molecule has 10 heteroatoms. The fourth-order valence-corrected chi connectivity index (χ4v) is 2.99. The van der Waals surface area contributed by atoms with E-state index in [0.29, 0.717) is 16.6 Å². The summed E-state index contributed by atoms with van der Waals surface area (Å²) in [6.07, 6.45) is 0. The van der Waals surface area contributed by atoms with Crippen molar-refractivity contribution in [3.05, 3.63) is 76.1 Å². The highest BCUT2D eigenvalue weighted by molar-refractivity contribution is 6.15. The Labute approximate surface area is 162 Å². The number of anilines is 1. The maximum atomic E-state index is 12.7. The zero-order valence-electron chi connectivity index (χ0n) is 14.8. The third-order valence-corrected chi connectivity index (χ3v) is 4.36. The molecule has 0 radical (unpaired) electrons. The number of nitro groups is 1. The number of rotatable bonds is 5. The van der Waals surface area contributed by atoms with Crippen LogP contribution in [0.5, 0.6) is 0 Å². The number of nitrogens with zero attached hydrogens (tertiary/aromatic N) is 2. The largest absolute Gasteiger partial charge is 0.364 e. The number of H-pyrrole nitrogens is 1. The van der Waals surface area contributed by atoms with Crippen molar-refractivity contribution in [2.45, 2.75) is 0 Å². The van der Waals surface area contributed by atoms with E-state index in [-0.39, 0.29) is 17.1 Å². The molecule has 0 bridgehead atoms. The van der Waals surface area contributed by atoms with Crippen LogP contribution in [-0.2, 0) is 0 Å². The molecule has 0 aliphatic heterocycles. The number of aromatic amines is 1. The van der Waals surface area contributed by atoms with Gasteiger partial charge in [0.25, 0.3) is 17.5 Å². The van der Waals surface area contributed by atoms with Crippen molar-refractivity contribution < 1.29 is 14.5 Å². The molecule has 10 nitrogen and oxygen atoms in total. The summed E-state index contributed by atoms with van der Waals surface area (Å²) < 4.78 is 0. The Kier molecular flexibility index (Phi) is 4.28. The molecule has 2 heterocycles. The van der Waals surface area contributed by atoms with Gasteiger partial charge in [0.15, 0.2) is 5.69 Å². The van der Waals surface area contributed by atoms with E-state index in [9.17, 15) is 19.7 Å². The average Bonchev–Trinajstić information content (AvgIpc) is 3.10. The lowest BCUT2D eigenvalue weighted by Gasteiger charge is -2.09. The van der Waals surface area contributed by atoms with E-state index < -0.39 is 16.7 Å². The molecule has 0 aliphatic rings. The highest BCUT2D eigenvalue weighted by Crippen LogP contribution is 2.27. The molecule has 0 spiro atoms. The molecular weight excluding hydrogens is 376 g/mol. The maximum Gasteiger partial charge on any atom is 0.290 e. The smallest absolute Gasteiger partial charge is 0.290 e. The summed E-state index contributed by atoms with van der Waals surface area (Å²) in [4.78, 5) is 41.9. The van der Waals surface area contributed by atoms with Crippen LogP contribution in [-0.4, -0.2) is 26.7 Å². The summed E-state index contributed by atoms with van der Waals surface area (Å²) in [6, 6.07) is 14.4. The van der Waals surface area contributed by atoms with E-state index in [1.165, 1.54) is 30.3 Å². The minimum absolute atomic E-state index is 0.0121. The van der Waals surface area contributed by atoms with Gasteiger partial charge in [-0.2, -0.15) is 0 Å². The third kappa shape index (κ3) is 3.30. The van der Waals surface area contributed by atoms with Crippen molar-refractivity contribution in [1.82, 2.24) is 15.4 Å². The van der Waals surface area contributed by atoms with E-state index in [1.54, 1.807) is 0 Å². The van der Waals surface area contributed by atoms with Gasteiger partial charge in [-0.05, 0) is 24.3 Å². The molecule has 2 amide bonds. The van der Waals surface area contributed by atoms with Crippen molar-refractivity contribution in [3.8, 4) is 0 Å². The molecule has 144 valence electrons. The molecule has 0 unspecified atom stereocenters. The summed E-state index contributed by atoms with van der Waals surface area (Å²) >= 11 is 0. The Hall–Kier alpha value is -4.47. The number of carbonyl (C=O) groups excluding carboxylic acids is 2. The highest BCUT2D eigenvalue weighted by Gasteiger charge is 2.19. The van der Waals surface area contributed by atoms with Gasteiger partial charge in [-0.3, -0.25) is 30.6 Å². The maximum absolute atomic E-state index is 12.7. The fourth-order valence-electron chi connectivity index (χ4n) is 2.99. The lowest BCUT2D eigenvalue weighted by Crippen LogP contribution is -2.31. The molecule has 2 aromatic heterocycles. The monoisotopic (exact) mass is 390 g/mol. The summed E-state index contributed by atoms with van der Waals surface area (Å²) in [5, 5.41) is 12.2. The molecular formula is C19H14N6O4. The second kappa shape index (κ2) is 6.93. The standard InChI is InChI=1S/C19H14N6O4/c20-18(26)15-9-13-12-3-1-2-4-14(12)21-16(13)17(22-15)19(27)24-23-10-5-7-11(8-6-10)25(28)29/h1-9,21,23H,(H2,20,26)(H,24,27). The van der Waals surface area contributed by atoms with Crippen LogP contribution in [0, 0.1) is 10.1 Å². The third-order valence-electron chi connectivity index (χ3n) is 4.36. The van der Waals surface area contributed by atoms with Crippen LogP contribution in [0.2, 0.25) is 0 Å². The summed E-state index contributed by atoms with van der Waals surface area (Å²) in [5.74, 6) is -1.36. The molecule has 0 saturated heterocycles. The van der Waals surface area contributed by atoms with Crippen LogP contribution in [0.3, 0.4) is 0 Å². The van der Waals surface area contributed by atoms with Gasteiger partial charge in [0.1, 0.15) is 5.69 Å². The normalized spacial score (nSPS) is 10.8. The SMILES string of the molecule is NC(=O)c1cc2c([nH]c3ccccc32)c(C(=O)NNc2ccc([N+](=O)[O-])cc2)n1. The van der Waals surface area contributed by atoms with Crippen LogP contribution in [0.4, 0.5) is 11.4 Å². The van der Waals surface area contributed by atoms with Gasteiger partial charge >= 0.3 is 0 Å². The van der Waals surface area contributed by atoms with Gasteiger partial charge in [0, 0.05) is 28.4 Å². The number of aromatic nitrogens is 2. The zero-order valence-corrected chi connectivity index (χ0v) is 14.8. The zero-order chi connectivity index (χ0) is 20.5. The van der Waals surface area contributed by atoms with Gasteiger partial charge in [-0.1, -0.05) is 18.2 Å². The number of fused-ring (bicyclic) bond motifs is 3. The minimum Gasteiger partial charge on any atom is -0.364 e. The molecule has 0 atom stereocenters. The van der Waals surface area contributed by atoms with Crippen LogP contribution in [0.1, 0.15) is 21.0 Å². The van der Waals surface area contributed by atoms with Crippen LogP contribution >= 0.6 is 0 Å². The predicted octanol–water partition coefficient (Wildman–Crippen LogP) is 2.48. The Morgan fingerprint density at radius 3 is 2.48 bits per heavy atom. The van der Waals surface area contributed by atoms with E-state index in [1.807, 2.05) is 24.3 Å². The number of nitrogens with two attached hydrogens (primary N) is 1. The topological polar surface area (TPSA) is 156 Å². The molecule has 4 aromatic rings. The number of benzene rings is 2. The molecule has 0 fully saturated rings. The summed E-state index contributed by atoms with van der Waals surface area (Å²) in [7, 11) is 0. The first-order valence-corrected chi connectivity index (χ1v) is 8.46.